The van der Waals surface area contributed by atoms with Crippen molar-refractivity contribution < 1.29 is 27.1 Å². The highest BCUT2D eigenvalue weighted by Crippen LogP contribution is 2.24. The van der Waals surface area contributed by atoms with Crippen molar-refractivity contribution in [2.45, 2.75) is 18.4 Å². The number of methoxy groups -OCH3 is 2. The quantitative estimate of drug-likeness (QED) is 0.534. The molecule has 0 atom stereocenters. The summed E-state index contributed by atoms with van der Waals surface area (Å²) in [5, 5.41) is 2.77. The van der Waals surface area contributed by atoms with Gasteiger partial charge in [-0.25, -0.2) is 12.8 Å². The first-order valence-electron chi connectivity index (χ1n) is 9.62. The van der Waals surface area contributed by atoms with Crippen LogP contribution in [0.4, 0.5) is 10.1 Å². The predicted octanol–water partition coefficient (Wildman–Crippen LogP) is 3.88. The van der Waals surface area contributed by atoms with E-state index in [0.29, 0.717) is 22.6 Å². The molecule has 0 aromatic heterocycles. The second-order valence-corrected chi connectivity index (χ2v) is 8.60. The van der Waals surface area contributed by atoms with Gasteiger partial charge in [0.15, 0.2) is 0 Å². The van der Waals surface area contributed by atoms with Crippen molar-refractivity contribution in [1.82, 2.24) is 5.32 Å². The van der Waals surface area contributed by atoms with Crippen molar-refractivity contribution in [2.24, 2.45) is 0 Å². The zero-order valence-corrected chi connectivity index (χ0v) is 18.6. The molecule has 0 fully saturated rings. The lowest BCUT2D eigenvalue weighted by Crippen LogP contribution is -2.24. The van der Waals surface area contributed by atoms with Gasteiger partial charge in [0.1, 0.15) is 17.3 Å². The number of halogens is 1. The summed E-state index contributed by atoms with van der Waals surface area (Å²) in [6.45, 7) is 1.84. The van der Waals surface area contributed by atoms with Gasteiger partial charge in [-0.2, -0.15) is 0 Å². The number of aryl methyl sites for hydroxylation is 1. The van der Waals surface area contributed by atoms with Gasteiger partial charge in [-0.05, 0) is 55.0 Å². The lowest BCUT2D eigenvalue weighted by Gasteiger charge is -2.14. The van der Waals surface area contributed by atoms with Crippen LogP contribution in [0, 0.1) is 12.7 Å². The molecule has 0 saturated carbocycles. The summed E-state index contributed by atoms with van der Waals surface area (Å²) in [4.78, 5) is 12.7. The second kappa shape index (κ2) is 9.69. The zero-order chi connectivity index (χ0) is 23.3. The van der Waals surface area contributed by atoms with Gasteiger partial charge in [-0.1, -0.05) is 18.2 Å². The van der Waals surface area contributed by atoms with Crippen LogP contribution in [0.5, 0.6) is 11.5 Å². The molecule has 0 bridgehead atoms. The fourth-order valence-electron chi connectivity index (χ4n) is 3.05. The molecule has 3 rings (SSSR count). The van der Waals surface area contributed by atoms with Crippen LogP contribution in [0.25, 0.3) is 0 Å². The minimum atomic E-state index is -4.10. The van der Waals surface area contributed by atoms with E-state index in [1.165, 1.54) is 50.6 Å². The standard InChI is InChI=1S/C23H23FN2O5S/c1-15-8-10-18(32(28,29)26-21-7-5-4-6-20(21)24)13-19(15)23(27)25-14-16-12-17(30-2)9-11-22(16)31-3/h4-13,26H,14H2,1-3H3,(H,25,27). The topological polar surface area (TPSA) is 93.7 Å². The second-order valence-electron chi connectivity index (χ2n) is 6.92. The van der Waals surface area contributed by atoms with Crippen molar-refractivity contribution in [2.75, 3.05) is 18.9 Å². The minimum absolute atomic E-state index is 0.142. The third-order valence-corrected chi connectivity index (χ3v) is 6.17. The van der Waals surface area contributed by atoms with E-state index in [0.717, 1.165) is 6.07 Å². The van der Waals surface area contributed by atoms with Gasteiger partial charge in [0, 0.05) is 17.7 Å². The van der Waals surface area contributed by atoms with Gasteiger partial charge in [0.05, 0.1) is 24.8 Å². The Morgan fingerprint density at radius 2 is 1.75 bits per heavy atom. The fraction of sp³-hybridized carbons (Fsp3) is 0.174. The molecule has 1 amide bonds. The van der Waals surface area contributed by atoms with Crippen LogP contribution in [-0.4, -0.2) is 28.5 Å². The number of carbonyl (C=O) groups is 1. The van der Waals surface area contributed by atoms with E-state index in [-0.39, 0.29) is 22.7 Å². The molecular formula is C23H23FN2O5S. The summed E-state index contributed by atoms with van der Waals surface area (Å²) in [7, 11) is -1.04. The number of hydrogen-bond donors (Lipinski definition) is 2. The van der Waals surface area contributed by atoms with Crippen LogP contribution < -0.4 is 19.5 Å². The summed E-state index contributed by atoms with van der Waals surface area (Å²) in [6, 6.07) is 14.8. The van der Waals surface area contributed by atoms with Crippen molar-refractivity contribution in [3.63, 3.8) is 0 Å². The average Bonchev–Trinajstić information content (AvgIpc) is 2.78. The summed E-state index contributed by atoms with van der Waals surface area (Å²) in [5.41, 5.74) is 1.29. The van der Waals surface area contributed by atoms with E-state index >= 15 is 0 Å². The molecule has 0 aliphatic carbocycles. The number of ether oxygens (including phenoxy) is 2. The number of para-hydroxylation sites is 1. The maximum Gasteiger partial charge on any atom is 0.262 e. The molecule has 0 aliphatic heterocycles. The molecule has 0 spiro atoms. The summed E-state index contributed by atoms with van der Waals surface area (Å²) in [6.07, 6.45) is 0. The van der Waals surface area contributed by atoms with Gasteiger partial charge in [-0.15, -0.1) is 0 Å². The Kier molecular flexibility index (Phi) is 6.99. The van der Waals surface area contributed by atoms with E-state index < -0.39 is 21.7 Å². The lowest BCUT2D eigenvalue weighted by atomic mass is 10.1. The van der Waals surface area contributed by atoms with Crippen LogP contribution in [0.3, 0.4) is 0 Å². The van der Waals surface area contributed by atoms with Gasteiger partial charge in [-0.3, -0.25) is 9.52 Å². The highest BCUT2D eigenvalue weighted by molar-refractivity contribution is 7.92. The molecule has 0 heterocycles. The summed E-state index contributed by atoms with van der Waals surface area (Å²) < 4.78 is 52.1. The maximum atomic E-state index is 13.9. The van der Waals surface area contributed by atoms with Crippen LogP contribution in [-0.2, 0) is 16.6 Å². The molecule has 0 saturated heterocycles. The molecule has 3 aromatic carbocycles. The number of benzene rings is 3. The SMILES string of the molecule is COc1ccc(OC)c(CNC(=O)c2cc(S(=O)(=O)Nc3ccccc3F)ccc2C)c1. The molecular weight excluding hydrogens is 435 g/mol. The number of anilines is 1. The first kappa shape index (κ1) is 23.1. The third kappa shape index (κ3) is 5.17. The van der Waals surface area contributed by atoms with Crippen LogP contribution in [0.15, 0.2) is 65.6 Å². The normalized spacial score (nSPS) is 11.0. The van der Waals surface area contributed by atoms with E-state index in [2.05, 4.69) is 10.0 Å². The van der Waals surface area contributed by atoms with Crippen molar-refractivity contribution in [1.29, 1.82) is 0 Å². The van der Waals surface area contributed by atoms with Crippen LogP contribution in [0.1, 0.15) is 21.5 Å². The van der Waals surface area contributed by atoms with E-state index in [1.54, 1.807) is 25.1 Å². The Morgan fingerprint density at radius 1 is 1.00 bits per heavy atom. The maximum absolute atomic E-state index is 13.9. The third-order valence-electron chi connectivity index (χ3n) is 4.81. The molecule has 7 nitrogen and oxygen atoms in total. The van der Waals surface area contributed by atoms with Gasteiger partial charge >= 0.3 is 0 Å². The van der Waals surface area contributed by atoms with Gasteiger partial charge in [0.2, 0.25) is 0 Å². The lowest BCUT2D eigenvalue weighted by molar-refractivity contribution is 0.0950. The molecule has 3 aromatic rings. The Bertz CT molecular complexity index is 1240. The van der Waals surface area contributed by atoms with E-state index in [4.69, 9.17) is 9.47 Å². The number of sulfonamides is 1. The van der Waals surface area contributed by atoms with Gasteiger partial charge < -0.3 is 14.8 Å². The smallest absolute Gasteiger partial charge is 0.262 e. The number of carbonyl (C=O) groups excluding carboxylic acids is 1. The fourth-order valence-corrected chi connectivity index (χ4v) is 4.14. The number of hydrogen-bond acceptors (Lipinski definition) is 5. The Hall–Kier alpha value is -3.59. The Morgan fingerprint density at radius 3 is 2.44 bits per heavy atom. The van der Waals surface area contributed by atoms with Gasteiger partial charge in [0.25, 0.3) is 15.9 Å². The molecule has 0 radical (unpaired) electrons. The molecule has 0 unspecified atom stereocenters. The number of amides is 1. The van der Waals surface area contributed by atoms with E-state index in [9.17, 15) is 17.6 Å². The van der Waals surface area contributed by atoms with Crippen LogP contribution in [0.2, 0.25) is 0 Å². The first-order valence-corrected chi connectivity index (χ1v) is 11.1. The predicted molar refractivity (Wildman–Crippen MR) is 119 cm³/mol. The largest absolute Gasteiger partial charge is 0.497 e. The molecule has 32 heavy (non-hydrogen) atoms. The highest BCUT2D eigenvalue weighted by Gasteiger charge is 2.20. The monoisotopic (exact) mass is 458 g/mol. The number of nitrogens with one attached hydrogen (secondary N) is 2. The zero-order valence-electron chi connectivity index (χ0n) is 17.8. The molecule has 2 N–H and O–H groups in total. The van der Waals surface area contributed by atoms with Crippen molar-refractivity contribution in [3.8, 4) is 11.5 Å². The number of rotatable bonds is 8. The molecule has 0 aliphatic rings. The minimum Gasteiger partial charge on any atom is -0.497 e. The average molecular weight is 459 g/mol. The Labute approximate surface area is 186 Å². The van der Waals surface area contributed by atoms with Crippen molar-refractivity contribution >= 4 is 21.6 Å². The molecule has 168 valence electrons. The summed E-state index contributed by atoms with van der Waals surface area (Å²) in [5.74, 6) is 0.0236. The van der Waals surface area contributed by atoms with Crippen LogP contribution >= 0.6 is 0 Å². The van der Waals surface area contributed by atoms with E-state index in [1.807, 2.05) is 0 Å². The van der Waals surface area contributed by atoms with Crippen molar-refractivity contribution in [3.05, 3.63) is 83.2 Å². The highest BCUT2D eigenvalue weighted by atomic mass is 32.2. The molecule has 9 heteroatoms. The first-order chi connectivity index (χ1) is 15.2. The Balaban J connectivity index is 1.82. The summed E-state index contributed by atoms with van der Waals surface area (Å²) >= 11 is 0.